The number of halogens is 2. The quantitative estimate of drug-likeness (QED) is 0.386. The molecule has 0 aliphatic heterocycles. The van der Waals surface area contributed by atoms with Crippen LogP contribution in [0.4, 0.5) is 0 Å². The second kappa shape index (κ2) is 5.11. The molecule has 0 N–H and O–H groups in total. The van der Waals surface area contributed by atoms with E-state index in [9.17, 15) is 0 Å². The molecule has 0 aromatic rings. The lowest BCUT2D eigenvalue weighted by atomic mass is 11.0. The van der Waals surface area contributed by atoms with Gasteiger partial charge in [0.15, 0.2) is 0 Å². The topological polar surface area (TPSA) is 0 Å². The fraction of sp³-hybridized carbons (Fsp3) is 1.00. The Morgan fingerprint density at radius 2 is 2.20 bits per heavy atom. The summed E-state index contributed by atoms with van der Waals surface area (Å²) in [5.74, 6) is 0.746. The van der Waals surface area contributed by atoms with Gasteiger partial charge in [-0.1, -0.05) is 5.28 Å². The molecule has 0 saturated carbocycles. The van der Waals surface area contributed by atoms with E-state index in [1.165, 1.54) is 0 Å². The van der Waals surface area contributed by atoms with Crippen LogP contribution >= 0.6 is 21.7 Å². The van der Waals surface area contributed by atoms with Crippen LogP contribution < -0.4 is 0 Å². The molecule has 5 heavy (non-hydrogen) atoms. The number of hydrogen-bond acceptors (Lipinski definition) is 0. The van der Waals surface area contributed by atoms with E-state index in [-0.39, 0.29) is 14.3 Å². The summed E-state index contributed by atoms with van der Waals surface area (Å²) in [5.41, 5.74) is 0. The predicted molar refractivity (Wildman–Crippen MR) is 28.5 cm³/mol. The normalized spacial score (nSPS) is 7.60. The molecular formula is C2H5AlCl2. The molecular weight excluding hydrogens is 122 g/mol. The molecule has 0 bridgehead atoms. The van der Waals surface area contributed by atoms with Crippen LogP contribution in [0.1, 0.15) is 0 Å². The number of hydrogen-bond donors (Lipinski definition) is 0. The van der Waals surface area contributed by atoms with Crippen LogP contribution in [-0.4, -0.2) is 20.2 Å². The van der Waals surface area contributed by atoms with Gasteiger partial charge in [0.05, 0.1) is 0 Å². The summed E-state index contributed by atoms with van der Waals surface area (Å²) in [5, 5.41) is 1.06. The van der Waals surface area contributed by atoms with Gasteiger partial charge in [0.2, 0.25) is 0 Å². The van der Waals surface area contributed by atoms with Gasteiger partial charge in [0, 0.05) is 5.88 Å². The van der Waals surface area contributed by atoms with Gasteiger partial charge in [-0.3, -0.25) is 10.0 Å². The molecule has 3 heteroatoms. The average molecular weight is 127 g/mol. The molecule has 0 amide bonds. The third-order valence-electron chi connectivity index (χ3n) is 0.267. The maximum absolute atomic E-state index is 5.36. The van der Waals surface area contributed by atoms with Gasteiger partial charge >= 0.3 is 14.3 Å². The Kier molecular flexibility index (Phi) is 6.25. The third kappa shape index (κ3) is 5.11. The molecule has 0 aliphatic carbocycles. The molecule has 0 nitrogen and oxygen atoms in total. The highest BCUT2D eigenvalue weighted by Crippen LogP contribution is 1.83. The third-order valence-corrected chi connectivity index (χ3v) is 2.41. The predicted octanol–water partition coefficient (Wildman–Crippen LogP) is 1.23. The molecule has 0 unspecified atom stereocenters. The van der Waals surface area contributed by atoms with Crippen LogP contribution in [0, 0.1) is 0 Å². The lowest BCUT2D eigenvalue weighted by Crippen LogP contribution is -1.74. The molecule has 0 aliphatic rings. The highest BCUT2D eigenvalue weighted by molar-refractivity contribution is 6.93. The van der Waals surface area contributed by atoms with Crippen molar-refractivity contribution >= 4 is 35.9 Å². The maximum atomic E-state index is 5.36. The van der Waals surface area contributed by atoms with Crippen molar-refractivity contribution in [3.8, 4) is 0 Å². The summed E-state index contributed by atoms with van der Waals surface area (Å²) in [6.07, 6.45) is 0. The standard InChI is InChI=1S/C2H4Cl.Al.ClH.H/c1-2-3;;;/h1-2H2;;1H;/q;+1;;/p-1. The van der Waals surface area contributed by atoms with Crippen LogP contribution in [0.2, 0.25) is 5.28 Å². The zero-order valence-electron chi connectivity index (χ0n) is 2.88. The number of rotatable bonds is 2. The van der Waals surface area contributed by atoms with Gasteiger partial charge < -0.3 is 0 Å². The highest BCUT2D eigenvalue weighted by Gasteiger charge is 1.80. The molecule has 0 rings (SSSR count). The van der Waals surface area contributed by atoms with Gasteiger partial charge in [-0.05, 0) is 0 Å². The van der Waals surface area contributed by atoms with E-state index < -0.39 is 0 Å². The smallest absolute Gasteiger partial charge is 0.267 e. The van der Waals surface area contributed by atoms with E-state index >= 15 is 0 Å². The minimum Gasteiger partial charge on any atom is -0.267 e. The zero-order valence-corrected chi connectivity index (χ0v) is 5.80. The Balaban J connectivity index is 2.19. The van der Waals surface area contributed by atoms with E-state index in [0.29, 0.717) is 0 Å². The van der Waals surface area contributed by atoms with Crippen LogP contribution in [0.15, 0.2) is 0 Å². The minimum atomic E-state index is -0.246. The summed E-state index contributed by atoms with van der Waals surface area (Å²) < 4.78 is 0. The van der Waals surface area contributed by atoms with Crippen molar-refractivity contribution in [2.75, 3.05) is 5.88 Å². The summed E-state index contributed by atoms with van der Waals surface area (Å²) in [7, 11) is 5.36. The first kappa shape index (κ1) is 6.11. The Hall–Kier alpha value is 1.11. The molecule has 0 fully saturated rings. The minimum absolute atomic E-state index is 0.246. The van der Waals surface area contributed by atoms with Gasteiger partial charge in [0.1, 0.15) is 0 Å². The van der Waals surface area contributed by atoms with E-state index in [1.54, 1.807) is 0 Å². The largest absolute Gasteiger partial charge is 0.377 e. The summed E-state index contributed by atoms with van der Waals surface area (Å²) in [6, 6.07) is 0. The SMILES string of the molecule is ClC[CH2][AlH][Cl]. The zero-order chi connectivity index (χ0) is 4.12. The van der Waals surface area contributed by atoms with Crippen molar-refractivity contribution < 1.29 is 0 Å². The maximum Gasteiger partial charge on any atom is 0.377 e. The summed E-state index contributed by atoms with van der Waals surface area (Å²) in [4.78, 5) is 0. The van der Waals surface area contributed by atoms with E-state index in [4.69, 9.17) is 21.7 Å². The lowest BCUT2D eigenvalue weighted by molar-refractivity contribution is 1.48. The fourth-order valence-electron chi connectivity index (χ4n) is 0.0505. The molecule has 0 spiro atoms. The van der Waals surface area contributed by atoms with Gasteiger partial charge in [-0.2, -0.15) is 0 Å². The Bertz CT molecular complexity index is 15.1. The lowest BCUT2D eigenvalue weighted by Gasteiger charge is -1.71. The molecule has 0 heterocycles. The highest BCUT2D eigenvalue weighted by atomic mass is 35.6. The fourth-order valence-corrected chi connectivity index (χ4v) is 1.36. The van der Waals surface area contributed by atoms with Crippen LogP contribution in [0.3, 0.4) is 0 Å². The summed E-state index contributed by atoms with van der Waals surface area (Å²) in [6.45, 7) is 0. The van der Waals surface area contributed by atoms with Gasteiger partial charge in [-0.15, -0.1) is 11.6 Å². The van der Waals surface area contributed by atoms with Crippen molar-refractivity contribution in [2.45, 2.75) is 5.28 Å². The molecule has 0 saturated heterocycles. The molecule has 0 radical (unpaired) electrons. The van der Waals surface area contributed by atoms with Crippen molar-refractivity contribution in [1.29, 1.82) is 0 Å². The monoisotopic (exact) mass is 126 g/mol. The van der Waals surface area contributed by atoms with E-state index in [2.05, 4.69) is 0 Å². The Morgan fingerprint density at radius 3 is 2.20 bits per heavy atom. The Labute approximate surface area is 47.4 Å². The van der Waals surface area contributed by atoms with E-state index in [1.807, 2.05) is 0 Å². The van der Waals surface area contributed by atoms with Crippen molar-refractivity contribution in [1.82, 2.24) is 0 Å². The van der Waals surface area contributed by atoms with Crippen LogP contribution in [0.25, 0.3) is 0 Å². The molecule has 30 valence electrons. The van der Waals surface area contributed by atoms with E-state index in [0.717, 1.165) is 11.2 Å². The molecule has 0 aromatic heterocycles. The second-order valence-corrected chi connectivity index (χ2v) is 3.33. The van der Waals surface area contributed by atoms with Crippen LogP contribution in [-0.2, 0) is 0 Å². The molecule has 0 aromatic carbocycles. The Morgan fingerprint density at radius 1 is 1.60 bits per heavy atom. The summed E-state index contributed by atoms with van der Waals surface area (Å²) >= 11 is 5.01. The van der Waals surface area contributed by atoms with Crippen molar-refractivity contribution in [3.05, 3.63) is 0 Å². The van der Waals surface area contributed by atoms with Gasteiger partial charge in [0.25, 0.3) is 0 Å². The average Bonchev–Trinajstić information content (AvgIpc) is 1.41. The second-order valence-electron chi connectivity index (χ2n) is 0.732. The van der Waals surface area contributed by atoms with Crippen LogP contribution in [0.5, 0.6) is 0 Å². The first-order valence-corrected chi connectivity index (χ1v) is 5.21. The van der Waals surface area contributed by atoms with Gasteiger partial charge in [-0.25, -0.2) is 0 Å². The number of alkyl halides is 1. The van der Waals surface area contributed by atoms with Crippen molar-refractivity contribution in [2.24, 2.45) is 0 Å². The van der Waals surface area contributed by atoms with Crippen molar-refractivity contribution in [3.63, 3.8) is 0 Å². The molecule has 0 atom stereocenters. The first-order chi connectivity index (χ1) is 2.41. The first-order valence-electron chi connectivity index (χ1n) is 1.53.